The summed E-state index contributed by atoms with van der Waals surface area (Å²) in [5.74, 6) is 4.56. The highest BCUT2D eigenvalue weighted by Crippen LogP contribution is 2.18. The summed E-state index contributed by atoms with van der Waals surface area (Å²) in [6.07, 6.45) is 7.24. The van der Waals surface area contributed by atoms with Crippen molar-refractivity contribution in [3.05, 3.63) is 163 Å². The molecule has 0 spiro atoms. The largest absolute Gasteiger partial charge is 0.497 e. The number of pyridine rings is 2. The van der Waals surface area contributed by atoms with E-state index in [1.165, 1.54) is 16.7 Å². The second-order valence-corrected chi connectivity index (χ2v) is 15.3. The molecule has 0 atom stereocenters. The lowest BCUT2D eigenvalue weighted by Gasteiger charge is -2.25. The van der Waals surface area contributed by atoms with Crippen molar-refractivity contribution in [3.63, 3.8) is 0 Å². The van der Waals surface area contributed by atoms with Gasteiger partial charge in [0.1, 0.15) is 23.1 Å². The Morgan fingerprint density at radius 2 is 0.721 bits per heavy atom. The van der Waals surface area contributed by atoms with Crippen LogP contribution in [0.4, 0.5) is 17.6 Å². The standard InChI is InChI=1S/C17H23N3O.C16H22N4O.C16H21N3/c1-19(2)12-13-20(17-6-4-5-11-18-17)14-15-7-9-16(21-3)10-8-15;1-19(2)11-12-20(16-17-9-4-10-18-16)13-14-5-7-15(21-3)8-6-14;1-18(2)12-13-19(16-10-6-7-11-17-16)14-15-8-4-3-5-9-15/h4-11H,12-14H2,1-3H3;4-10H,11-13H2,1-3H3;3-11H,12-14H2,1-2H3. The highest BCUT2D eigenvalue weighted by Gasteiger charge is 2.12. The Kier molecular flexibility index (Phi) is 21.0. The number of likely N-dealkylation sites (N-methyl/N-ethyl adjacent to an activating group) is 3. The van der Waals surface area contributed by atoms with Gasteiger partial charge in [0.15, 0.2) is 0 Å². The highest BCUT2D eigenvalue weighted by atomic mass is 16.5. The Morgan fingerprint density at radius 1 is 0.361 bits per heavy atom. The van der Waals surface area contributed by atoms with Crippen molar-refractivity contribution in [2.45, 2.75) is 19.6 Å². The number of rotatable bonds is 20. The van der Waals surface area contributed by atoms with E-state index in [1.54, 1.807) is 26.6 Å². The number of benzene rings is 3. The third-order valence-corrected chi connectivity index (χ3v) is 9.51. The van der Waals surface area contributed by atoms with Crippen LogP contribution in [0.25, 0.3) is 0 Å². The Bertz CT molecular complexity index is 1890. The predicted molar refractivity (Wildman–Crippen MR) is 252 cm³/mol. The number of aromatic nitrogens is 4. The average molecular weight is 827 g/mol. The molecule has 0 aliphatic carbocycles. The van der Waals surface area contributed by atoms with Crippen molar-refractivity contribution in [1.29, 1.82) is 0 Å². The molecule has 0 N–H and O–H groups in total. The average Bonchev–Trinajstić information content (AvgIpc) is 3.30. The molecular formula is C49H66N10O2. The summed E-state index contributed by atoms with van der Waals surface area (Å²) in [5.41, 5.74) is 3.77. The summed E-state index contributed by atoms with van der Waals surface area (Å²) >= 11 is 0. The van der Waals surface area contributed by atoms with Crippen molar-refractivity contribution >= 4 is 17.6 Å². The van der Waals surface area contributed by atoms with Gasteiger partial charge in [-0.1, -0.05) is 66.7 Å². The van der Waals surface area contributed by atoms with E-state index in [2.05, 4.69) is 158 Å². The second kappa shape index (κ2) is 26.9. The van der Waals surface area contributed by atoms with Crippen LogP contribution in [0.5, 0.6) is 11.5 Å². The van der Waals surface area contributed by atoms with E-state index < -0.39 is 0 Å². The van der Waals surface area contributed by atoms with Gasteiger partial charge >= 0.3 is 0 Å². The minimum absolute atomic E-state index is 0.759. The lowest BCUT2D eigenvalue weighted by Crippen LogP contribution is -2.32. The lowest BCUT2D eigenvalue weighted by molar-refractivity contribution is 0.411. The molecule has 0 radical (unpaired) electrons. The van der Waals surface area contributed by atoms with Gasteiger partial charge in [0, 0.05) is 83.7 Å². The molecule has 0 amide bonds. The van der Waals surface area contributed by atoms with E-state index in [1.807, 2.05) is 67.0 Å². The number of methoxy groups -OCH3 is 2. The fourth-order valence-electron chi connectivity index (χ4n) is 6.00. The van der Waals surface area contributed by atoms with Crippen molar-refractivity contribution in [2.75, 3.05) is 110 Å². The first kappa shape index (κ1) is 47.6. The number of ether oxygens (including phenoxy) is 2. The molecule has 0 saturated carbocycles. The van der Waals surface area contributed by atoms with E-state index in [9.17, 15) is 0 Å². The maximum Gasteiger partial charge on any atom is 0.225 e. The van der Waals surface area contributed by atoms with Gasteiger partial charge in [-0.05, 0) is 114 Å². The van der Waals surface area contributed by atoms with Gasteiger partial charge < -0.3 is 38.9 Å². The van der Waals surface area contributed by atoms with Gasteiger partial charge in [0.2, 0.25) is 5.95 Å². The van der Waals surface area contributed by atoms with Gasteiger partial charge in [0.05, 0.1) is 14.2 Å². The van der Waals surface area contributed by atoms with E-state index in [4.69, 9.17) is 9.47 Å². The van der Waals surface area contributed by atoms with E-state index in [0.29, 0.717) is 0 Å². The van der Waals surface area contributed by atoms with Crippen LogP contribution in [0.1, 0.15) is 16.7 Å². The van der Waals surface area contributed by atoms with Gasteiger partial charge in [-0.2, -0.15) is 0 Å². The molecule has 0 unspecified atom stereocenters. The molecule has 0 saturated heterocycles. The molecular weight excluding hydrogens is 761 g/mol. The predicted octanol–water partition coefficient (Wildman–Crippen LogP) is 7.36. The first-order valence-corrected chi connectivity index (χ1v) is 20.7. The minimum Gasteiger partial charge on any atom is -0.497 e. The molecule has 6 aromatic rings. The van der Waals surface area contributed by atoms with Crippen LogP contribution in [-0.2, 0) is 19.6 Å². The van der Waals surface area contributed by atoms with Crippen molar-refractivity contribution < 1.29 is 9.47 Å². The third kappa shape index (κ3) is 18.4. The first-order chi connectivity index (χ1) is 29.6. The fraction of sp³-hybridized carbons (Fsp3) is 0.347. The maximum atomic E-state index is 5.21. The van der Waals surface area contributed by atoms with Crippen LogP contribution in [0.15, 0.2) is 146 Å². The Labute approximate surface area is 365 Å². The Morgan fingerprint density at radius 3 is 1.10 bits per heavy atom. The van der Waals surface area contributed by atoms with Crippen LogP contribution in [0.3, 0.4) is 0 Å². The summed E-state index contributed by atoms with van der Waals surface area (Å²) in [6, 6.07) is 40.8. The summed E-state index contributed by atoms with van der Waals surface area (Å²) in [4.78, 5) is 31.0. The molecule has 324 valence electrons. The molecule has 12 nitrogen and oxygen atoms in total. The fourth-order valence-corrected chi connectivity index (χ4v) is 6.00. The monoisotopic (exact) mass is 827 g/mol. The minimum atomic E-state index is 0.759. The van der Waals surface area contributed by atoms with Gasteiger partial charge in [0.25, 0.3) is 0 Å². The van der Waals surface area contributed by atoms with Gasteiger partial charge in [-0.25, -0.2) is 19.9 Å². The molecule has 0 fully saturated rings. The zero-order valence-electron chi connectivity index (χ0n) is 37.5. The van der Waals surface area contributed by atoms with E-state index in [-0.39, 0.29) is 0 Å². The van der Waals surface area contributed by atoms with Crippen LogP contribution >= 0.6 is 0 Å². The van der Waals surface area contributed by atoms with E-state index >= 15 is 0 Å². The normalized spacial score (nSPS) is 10.7. The molecule has 3 heterocycles. The lowest BCUT2D eigenvalue weighted by atomic mass is 10.2. The molecule has 6 rings (SSSR count). The van der Waals surface area contributed by atoms with Crippen LogP contribution in [-0.4, -0.2) is 130 Å². The molecule has 3 aromatic heterocycles. The summed E-state index contributed by atoms with van der Waals surface area (Å²) in [7, 11) is 15.9. The second-order valence-electron chi connectivity index (χ2n) is 15.3. The summed E-state index contributed by atoms with van der Waals surface area (Å²) in [5, 5.41) is 0. The van der Waals surface area contributed by atoms with Gasteiger partial charge in [-0.15, -0.1) is 0 Å². The third-order valence-electron chi connectivity index (χ3n) is 9.51. The molecule has 0 bridgehead atoms. The molecule has 0 aliphatic heterocycles. The Hall–Kier alpha value is -6.08. The quantitative estimate of drug-likeness (QED) is 0.0771. The molecule has 12 heteroatoms. The topological polar surface area (TPSA) is 89.5 Å². The Balaban J connectivity index is 0.000000202. The summed E-state index contributed by atoms with van der Waals surface area (Å²) < 4.78 is 10.4. The van der Waals surface area contributed by atoms with Crippen molar-refractivity contribution in [2.24, 2.45) is 0 Å². The van der Waals surface area contributed by atoms with E-state index in [0.717, 1.165) is 88.0 Å². The maximum absolute atomic E-state index is 5.21. The SMILES string of the molecule is CN(C)CCN(Cc1ccccc1)c1ccccn1.COc1ccc(CN(CCN(C)C)c2ccccn2)cc1.COc1ccc(CN(CCN(C)C)c2ncccn2)cc1. The molecule has 0 aliphatic rings. The van der Waals surface area contributed by atoms with Crippen LogP contribution in [0, 0.1) is 0 Å². The van der Waals surface area contributed by atoms with Crippen molar-refractivity contribution in [1.82, 2.24) is 34.6 Å². The number of anilines is 3. The van der Waals surface area contributed by atoms with Crippen molar-refractivity contribution in [3.8, 4) is 11.5 Å². The number of hydrogen-bond donors (Lipinski definition) is 0. The van der Waals surface area contributed by atoms with Crippen LogP contribution in [0.2, 0.25) is 0 Å². The zero-order valence-corrected chi connectivity index (χ0v) is 37.5. The molecule has 3 aromatic carbocycles. The number of hydrogen-bond acceptors (Lipinski definition) is 12. The zero-order chi connectivity index (χ0) is 43.7. The van der Waals surface area contributed by atoms with Gasteiger partial charge in [-0.3, -0.25) is 0 Å². The first-order valence-electron chi connectivity index (χ1n) is 20.7. The molecule has 61 heavy (non-hydrogen) atoms. The van der Waals surface area contributed by atoms with Crippen LogP contribution < -0.4 is 24.2 Å². The summed E-state index contributed by atoms with van der Waals surface area (Å²) in [6.45, 7) is 8.27. The smallest absolute Gasteiger partial charge is 0.225 e. The highest BCUT2D eigenvalue weighted by molar-refractivity contribution is 5.41. The number of nitrogens with zero attached hydrogens (tertiary/aromatic N) is 10.